The van der Waals surface area contributed by atoms with E-state index in [2.05, 4.69) is 0 Å². The Hall–Kier alpha value is -2.69. The normalized spacial score (nSPS) is 15.1. The van der Waals surface area contributed by atoms with Gasteiger partial charge in [0.15, 0.2) is 0 Å². The molecule has 2 aromatic rings. The van der Waals surface area contributed by atoms with E-state index < -0.39 is 14.9 Å². The number of ether oxygens (including phenoxy) is 2. The van der Waals surface area contributed by atoms with E-state index in [1.54, 1.807) is 11.9 Å². The maximum atomic E-state index is 12.8. The molecule has 0 N–H and O–H groups in total. The van der Waals surface area contributed by atoms with Crippen molar-refractivity contribution < 1.29 is 22.8 Å². The first-order chi connectivity index (χ1) is 13.9. The molecule has 0 saturated carbocycles. The Bertz CT molecular complexity index is 946. The third-order valence-corrected chi connectivity index (χ3v) is 6.50. The Morgan fingerprint density at radius 1 is 1.17 bits per heavy atom. The molecule has 0 bridgehead atoms. The number of nitro benzene ring substituents is 1. The maximum Gasteiger partial charge on any atom is 0.293 e. The Labute approximate surface area is 169 Å². The van der Waals surface area contributed by atoms with Crippen molar-refractivity contribution >= 4 is 21.4 Å². The molecule has 1 saturated heterocycles. The third-order valence-electron chi connectivity index (χ3n) is 4.60. The Kier molecular flexibility index (Phi) is 6.68. The number of nitrogens with zero attached hydrogens (tertiary/aromatic N) is 3. The van der Waals surface area contributed by atoms with Crippen LogP contribution in [0.15, 0.2) is 53.4 Å². The molecule has 0 unspecified atom stereocenters. The molecule has 1 aliphatic heterocycles. The van der Waals surface area contributed by atoms with E-state index in [4.69, 9.17) is 9.47 Å². The minimum atomic E-state index is -3.81. The second-order valence-corrected chi connectivity index (χ2v) is 8.45. The summed E-state index contributed by atoms with van der Waals surface area (Å²) in [5.74, 6) is 0.711. The third kappa shape index (κ3) is 5.03. The van der Waals surface area contributed by atoms with Gasteiger partial charge in [0.05, 0.1) is 29.6 Å². The van der Waals surface area contributed by atoms with Crippen LogP contribution in [0.25, 0.3) is 0 Å². The van der Waals surface area contributed by atoms with Crippen LogP contribution < -0.4 is 9.64 Å². The molecule has 29 heavy (non-hydrogen) atoms. The summed E-state index contributed by atoms with van der Waals surface area (Å²) in [7, 11) is -2.11. The Morgan fingerprint density at radius 3 is 2.52 bits per heavy atom. The van der Waals surface area contributed by atoms with Gasteiger partial charge in [-0.25, -0.2) is 8.42 Å². The number of anilines is 1. The lowest BCUT2D eigenvalue weighted by atomic mass is 10.2. The van der Waals surface area contributed by atoms with Crippen LogP contribution in [0.2, 0.25) is 0 Å². The number of likely N-dealkylation sites (N-methyl/N-ethyl adjacent to an activating group) is 1. The molecule has 0 amide bonds. The van der Waals surface area contributed by atoms with Crippen LogP contribution in [-0.2, 0) is 14.8 Å². The van der Waals surface area contributed by atoms with Gasteiger partial charge in [0, 0.05) is 26.2 Å². The summed E-state index contributed by atoms with van der Waals surface area (Å²) >= 11 is 0. The first kappa shape index (κ1) is 21.0. The van der Waals surface area contributed by atoms with Gasteiger partial charge in [0.1, 0.15) is 18.0 Å². The van der Waals surface area contributed by atoms with E-state index in [-0.39, 0.29) is 23.7 Å². The van der Waals surface area contributed by atoms with Crippen molar-refractivity contribution in [3.63, 3.8) is 0 Å². The van der Waals surface area contributed by atoms with Crippen molar-refractivity contribution in [2.24, 2.45) is 0 Å². The fourth-order valence-corrected chi connectivity index (χ4v) is 4.43. The molecule has 9 nitrogen and oxygen atoms in total. The van der Waals surface area contributed by atoms with E-state index in [0.717, 1.165) is 6.07 Å². The van der Waals surface area contributed by atoms with Crippen molar-refractivity contribution in [3.8, 4) is 5.75 Å². The summed E-state index contributed by atoms with van der Waals surface area (Å²) in [5, 5.41) is 11.6. The zero-order chi connectivity index (χ0) is 20.9. The Balaban J connectivity index is 1.76. The number of nitro groups is 1. The predicted molar refractivity (Wildman–Crippen MR) is 108 cm³/mol. The summed E-state index contributed by atoms with van der Waals surface area (Å²) < 4.78 is 37.7. The number of sulfonamides is 1. The van der Waals surface area contributed by atoms with Gasteiger partial charge in [-0.15, -0.1) is 0 Å². The van der Waals surface area contributed by atoms with Gasteiger partial charge in [-0.1, -0.05) is 18.2 Å². The van der Waals surface area contributed by atoms with Gasteiger partial charge >= 0.3 is 0 Å². The Morgan fingerprint density at radius 2 is 1.86 bits per heavy atom. The maximum absolute atomic E-state index is 12.8. The summed E-state index contributed by atoms with van der Waals surface area (Å²) in [6.45, 7) is 1.80. The van der Waals surface area contributed by atoms with Crippen LogP contribution in [0.1, 0.15) is 0 Å². The topological polar surface area (TPSA) is 102 Å². The van der Waals surface area contributed by atoms with Crippen LogP contribution in [0.5, 0.6) is 5.75 Å². The molecule has 1 aliphatic rings. The lowest BCUT2D eigenvalue weighted by molar-refractivity contribution is -0.384. The summed E-state index contributed by atoms with van der Waals surface area (Å²) in [6, 6.07) is 13.2. The molecule has 0 aromatic heterocycles. The highest BCUT2D eigenvalue weighted by atomic mass is 32.2. The molecule has 0 spiro atoms. The average molecular weight is 421 g/mol. The summed E-state index contributed by atoms with van der Waals surface area (Å²) in [5.41, 5.74) is 0.0640. The second-order valence-electron chi connectivity index (χ2n) is 6.51. The molecule has 0 atom stereocenters. The van der Waals surface area contributed by atoms with Crippen LogP contribution in [0.4, 0.5) is 11.4 Å². The van der Waals surface area contributed by atoms with Gasteiger partial charge in [0.2, 0.25) is 10.0 Å². The molecular weight excluding hydrogens is 398 g/mol. The second kappa shape index (κ2) is 9.21. The largest absolute Gasteiger partial charge is 0.492 e. The average Bonchev–Trinajstić information content (AvgIpc) is 2.74. The van der Waals surface area contributed by atoms with E-state index >= 15 is 0 Å². The zero-order valence-electron chi connectivity index (χ0n) is 16.1. The van der Waals surface area contributed by atoms with Crippen molar-refractivity contribution in [1.29, 1.82) is 0 Å². The number of morpholine rings is 1. The molecule has 156 valence electrons. The number of hydrogen-bond acceptors (Lipinski definition) is 7. The monoisotopic (exact) mass is 421 g/mol. The van der Waals surface area contributed by atoms with Crippen LogP contribution in [0.3, 0.4) is 0 Å². The number of benzene rings is 2. The van der Waals surface area contributed by atoms with Crippen molar-refractivity contribution in [3.05, 3.63) is 58.6 Å². The number of para-hydroxylation sites is 1. The highest BCUT2D eigenvalue weighted by Gasteiger charge is 2.29. The predicted octanol–water partition coefficient (Wildman–Crippen LogP) is 2.13. The van der Waals surface area contributed by atoms with Gasteiger partial charge < -0.3 is 14.4 Å². The summed E-state index contributed by atoms with van der Waals surface area (Å²) in [6.07, 6.45) is 0. The molecule has 0 radical (unpaired) electrons. The first-order valence-corrected chi connectivity index (χ1v) is 10.6. The molecule has 2 aromatic carbocycles. The molecule has 1 fully saturated rings. The lowest BCUT2D eigenvalue weighted by Gasteiger charge is -2.26. The van der Waals surface area contributed by atoms with E-state index in [9.17, 15) is 18.5 Å². The highest BCUT2D eigenvalue weighted by Crippen LogP contribution is 2.31. The van der Waals surface area contributed by atoms with Gasteiger partial charge in [-0.05, 0) is 24.3 Å². The van der Waals surface area contributed by atoms with Gasteiger partial charge in [-0.2, -0.15) is 4.31 Å². The minimum absolute atomic E-state index is 0.0937. The van der Waals surface area contributed by atoms with Gasteiger partial charge in [0.25, 0.3) is 5.69 Å². The fraction of sp³-hybridized carbons (Fsp3) is 0.368. The van der Waals surface area contributed by atoms with E-state index in [1.165, 1.54) is 16.4 Å². The van der Waals surface area contributed by atoms with Crippen LogP contribution in [-0.4, -0.2) is 64.1 Å². The SMILES string of the molecule is CN(CCOc1ccccc1)c1ccc(S(=O)(=O)N2CCOCC2)cc1[N+](=O)[O-]. The first-order valence-electron chi connectivity index (χ1n) is 9.15. The molecule has 0 aliphatic carbocycles. The smallest absolute Gasteiger partial charge is 0.293 e. The quantitative estimate of drug-likeness (QED) is 0.475. The lowest BCUT2D eigenvalue weighted by Crippen LogP contribution is -2.40. The van der Waals surface area contributed by atoms with Crippen LogP contribution >= 0.6 is 0 Å². The molecule has 3 rings (SSSR count). The molecular formula is C19H23N3O6S. The van der Waals surface area contributed by atoms with Crippen molar-refractivity contribution in [2.45, 2.75) is 4.90 Å². The highest BCUT2D eigenvalue weighted by molar-refractivity contribution is 7.89. The molecule has 1 heterocycles. The van der Waals surface area contributed by atoms with E-state index in [0.29, 0.717) is 37.8 Å². The zero-order valence-corrected chi connectivity index (χ0v) is 16.9. The molecule has 10 heteroatoms. The van der Waals surface area contributed by atoms with Crippen LogP contribution in [0, 0.1) is 10.1 Å². The number of rotatable bonds is 8. The summed E-state index contributed by atoms with van der Waals surface area (Å²) in [4.78, 5) is 12.6. The standard InChI is InChI=1S/C19H23N3O6S/c1-20(9-14-28-16-5-3-2-4-6-16)18-8-7-17(15-19(18)22(23)24)29(25,26)21-10-12-27-13-11-21/h2-8,15H,9-14H2,1H3. The van der Waals surface area contributed by atoms with Crippen molar-refractivity contribution in [1.82, 2.24) is 4.31 Å². The minimum Gasteiger partial charge on any atom is -0.492 e. The van der Waals surface area contributed by atoms with Crippen molar-refractivity contribution in [2.75, 3.05) is 51.4 Å². The van der Waals surface area contributed by atoms with Gasteiger partial charge in [-0.3, -0.25) is 10.1 Å². The fourth-order valence-electron chi connectivity index (χ4n) is 3.01. The van der Waals surface area contributed by atoms with E-state index in [1.807, 2.05) is 30.3 Å². The number of hydrogen-bond donors (Lipinski definition) is 0.